The SMILES string of the molecule is c1ccc(-c2ccc3c4cc5ccccc5cc4n(-c4nc(-c5ccccc5)c5cc(-c6cccc7c8ccccc8n(-c8ccccc8)c67)ccc5n4)c3c2)cc1. The number of nitrogens with zero attached hydrogens (tertiary/aromatic N) is 4. The third-order valence-electron chi connectivity index (χ3n) is 11.7. The summed E-state index contributed by atoms with van der Waals surface area (Å²) < 4.78 is 4.67. The van der Waals surface area contributed by atoms with Gasteiger partial charge in [-0.25, -0.2) is 9.97 Å². The van der Waals surface area contributed by atoms with Crippen LogP contribution >= 0.6 is 0 Å². The van der Waals surface area contributed by atoms with E-state index in [1.54, 1.807) is 0 Å². The molecule has 0 radical (unpaired) electrons. The zero-order chi connectivity index (χ0) is 38.2. The van der Waals surface area contributed by atoms with E-state index in [-0.39, 0.29) is 0 Å². The number of rotatable bonds is 5. The first-order valence-corrected chi connectivity index (χ1v) is 19.7. The standard InChI is InChI=1S/C54H34N4/c1-4-15-35(16-5-1)39-27-29-44-46-31-37-19-10-11-20-38(37)33-51(46)58(50(44)34-39)54-55-48-30-28-40(32-47(48)52(56-54)36-17-6-2-7-18-36)42-24-14-25-45-43-23-12-13-26-49(43)57(53(42)45)41-21-8-3-9-22-41/h1-34H. The lowest BCUT2D eigenvalue weighted by Gasteiger charge is -2.15. The number of hydrogen-bond acceptors (Lipinski definition) is 2. The van der Waals surface area contributed by atoms with Crippen molar-refractivity contribution >= 4 is 65.3 Å². The van der Waals surface area contributed by atoms with Crippen LogP contribution in [0, 0.1) is 0 Å². The molecule has 0 amide bonds. The van der Waals surface area contributed by atoms with Gasteiger partial charge in [0.15, 0.2) is 0 Å². The van der Waals surface area contributed by atoms with E-state index in [2.05, 4.69) is 215 Å². The molecule has 12 rings (SSSR count). The summed E-state index contributed by atoms with van der Waals surface area (Å²) in [6.07, 6.45) is 0. The van der Waals surface area contributed by atoms with Gasteiger partial charge in [-0.2, -0.15) is 0 Å². The van der Waals surface area contributed by atoms with Gasteiger partial charge in [0.05, 0.1) is 33.3 Å². The summed E-state index contributed by atoms with van der Waals surface area (Å²) in [6.45, 7) is 0. The van der Waals surface area contributed by atoms with Gasteiger partial charge in [-0.15, -0.1) is 0 Å². The normalized spacial score (nSPS) is 11.8. The third-order valence-corrected chi connectivity index (χ3v) is 11.7. The second-order valence-corrected chi connectivity index (χ2v) is 15.0. The van der Waals surface area contributed by atoms with Gasteiger partial charge in [0.1, 0.15) is 0 Å². The van der Waals surface area contributed by atoms with Gasteiger partial charge < -0.3 is 4.57 Å². The van der Waals surface area contributed by atoms with Crippen molar-refractivity contribution in [1.29, 1.82) is 0 Å². The first-order chi connectivity index (χ1) is 28.8. The molecule has 4 heteroatoms. The van der Waals surface area contributed by atoms with Crippen molar-refractivity contribution < 1.29 is 0 Å². The van der Waals surface area contributed by atoms with Crippen LogP contribution in [-0.4, -0.2) is 19.1 Å². The molecular weight excluding hydrogens is 705 g/mol. The Morgan fingerprint density at radius 1 is 0.328 bits per heavy atom. The van der Waals surface area contributed by atoms with Crippen LogP contribution in [0.25, 0.3) is 110 Å². The van der Waals surface area contributed by atoms with E-state index in [4.69, 9.17) is 9.97 Å². The van der Waals surface area contributed by atoms with E-state index in [0.717, 1.165) is 55.6 Å². The Morgan fingerprint density at radius 3 is 1.78 bits per heavy atom. The average Bonchev–Trinajstić information content (AvgIpc) is 3.80. The lowest BCUT2D eigenvalue weighted by molar-refractivity contribution is 1.01. The molecule has 9 aromatic carbocycles. The van der Waals surface area contributed by atoms with Gasteiger partial charge in [0, 0.05) is 43.7 Å². The molecule has 0 saturated carbocycles. The summed E-state index contributed by atoms with van der Waals surface area (Å²) in [7, 11) is 0. The minimum atomic E-state index is 0.644. The van der Waals surface area contributed by atoms with Crippen LogP contribution in [0.1, 0.15) is 0 Å². The molecule has 0 unspecified atom stereocenters. The second kappa shape index (κ2) is 12.9. The Hall–Kier alpha value is -7.82. The summed E-state index contributed by atoms with van der Waals surface area (Å²) in [4.78, 5) is 11.0. The van der Waals surface area contributed by atoms with Gasteiger partial charge in [-0.05, 0) is 76.0 Å². The highest BCUT2D eigenvalue weighted by Crippen LogP contribution is 2.41. The molecule has 0 aliphatic carbocycles. The number of hydrogen-bond donors (Lipinski definition) is 0. The quantitative estimate of drug-likeness (QED) is 0.176. The van der Waals surface area contributed by atoms with Crippen molar-refractivity contribution in [1.82, 2.24) is 19.1 Å². The van der Waals surface area contributed by atoms with Gasteiger partial charge in [0.25, 0.3) is 0 Å². The Balaban J connectivity index is 1.14. The molecular formula is C54H34N4. The predicted molar refractivity (Wildman–Crippen MR) is 242 cm³/mol. The van der Waals surface area contributed by atoms with Crippen molar-refractivity contribution in [2.75, 3.05) is 0 Å². The minimum absolute atomic E-state index is 0.644. The van der Waals surface area contributed by atoms with Crippen LogP contribution in [0.5, 0.6) is 0 Å². The first-order valence-electron chi connectivity index (χ1n) is 19.7. The van der Waals surface area contributed by atoms with Gasteiger partial charge in [0.2, 0.25) is 5.95 Å². The zero-order valence-electron chi connectivity index (χ0n) is 31.4. The molecule has 0 spiro atoms. The summed E-state index contributed by atoms with van der Waals surface area (Å²) in [5, 5.41) is 8.19. The Morgan fingerprint density at radius 2 is 0.966 bits per heavy atom. The second-order valence-electron chi connectivity index (χ2n) is 15.0. The van der Waals surface area contributed by atoms with E-state index >= 15 is 0 Å². The summed E-state index contributed by atoms with van der Waals surface area (Å²) in [5.74, 6) is 0.644. The van der Waals surface area contributed by atoms with E-state index in [9.17, 15) is 0 Å². The zero-order valence-corrected chi connectivity index (χ0v) is 31.4. The van der Waals surface area contributed by atoms with Crippen molar-refractivity contribution in [2.24, 2.45) is 0 Å². The minimum Gasteiger partial charge on any atom is -0.309 e. The monoisotopic (exact) mass is 738 g/mol. The van der Waals surface area contributed by atoms with E-state index in [1.807, 2.05) is 0 Å². The number of aromatic nitrogens is 4. The number of fused-ring (bicyclic) bond motifs is 8. The van der Waals surface area contributed by atoms with Crippen molar-refractivity contribution in [2.45, 2.75) is 0 Å². The summed E-state index contributed by atoms with van der Waals surface area (Å²) in [5.41, 5.74) is 13.1. The maximum absolute atomic E-state index is 5.54. The fourth-order valence-electron chi connectivity index (χ4n) is 9.03. The highest BCUT2D eigenvalue weighted by Gasteiger charge is 2.21. The van der Waals surface area contributed by atoms with E-state index in [1.165, 1.54) is 48.9 Å². The van der Waals surface area contributed by atoms with Crippen molar-refractivity contribution in [3.05, 3.63) is 206 Å². The third kappa shape index (κ3) is 5.02. The predicted octanol–water partition coefficient (Wildman–Crippen LogP) is 14.0. The van der Waals surface area contributed by atoms with Crippen LogP contribution in [0.4, 0.5) is 0 Å². The van der Waals surface area contributed by atoms with Crippen molar-refractivity contribution in [3.8, 4) is 45.1 Å². The first kappa shape index (κ1) is 32.4. The molecule has 0 aliphatic rings. The van der Waals surface area contributed by atoms with Crippen LogP contribution < -0.4 is 0 Å². The fourth-order valence-corrected chi connectivity index (χ4v) is 9.03. The van der Waals surface area contributed by atoms with Gasteiger partial charge >= 0.3 is 0 Å². The average molecular weight is 739 g/mol. The number of benzene rings is 9. The van der Waals surface area contributed by atoms with Crippen LogP contribution in [-0.2, 0) is 0 Å². The number of para-hydroxylation sites is 3. The van der Waals surface area contributed by atoms with Crippen molar-refractivity contribution in [3.63, 3.8) is 0 Å². The topological polar surface area (TPSA) is 35.6 Å². The molecule has 3 heterocycles. The largest absolute Gasteiger partial charge is 0.309 e. The molecule has 0 aliphatic heterocycles. The van der Waals surface area contributed by atoms with Gasteiger partial charge in [-0.1, -0.05) is 158 Å². The maximum atomic E-state index is 5.54. The van der Waals surface area contributed by atoms with Crippen LogP contribution in [0.3, 0.4) is 0 Å². The summed E-state index contributed by atoms with van der Waals surface area (Å²) >= 11 is 0. The van der Waals surface area contributed by atoms with Gasteiger partial charge in [-0.3, -0.25) is 4.57 Å². The van der Waals surface area contributed by atoms with Crippen LogP contribution in [0.15, 0.2) is 206 Å². The van der Waals surface area contributed by atoms with E-state index in [0.29, 0.717) is 5.95 Å². The Kier molecular flexibility index (Phi) is 7.20. The molecule has 0 fully saturated rings. The lowest BCUT2D eigenvalue weighted by atomic mass is 9.98. The molecule has 0 saturated heterocycles. The maximum Gasteiger partial charge on any atom is 0.235 e. The molecule has 0 bridgehead atoms. The molecule has 0 atom stereocenters. The highest BCUT2D eigenvalue weighted by atomic mass is 15.2. The molecule has 4 nitrogen and oxygen atoms in total. The molecule has 58 heavy (non-hydrogen) atoms. The Bertz CT molecular complexity index is 3550. The molecule has 3 aromatic heterocycles. The smallest absolute Gasteiger partial charge is 0.235 e. The van der Waals surface area contributed by atoms with E-state index < -0.39 is 0 Å². The molecule has 270 valence electrons. The fraction of sp³-hybridized carbons (Fsp3) is 0. The summed E-state index contributed by atoms with van der Waals surface area (Å²) in [6, 6.07) is 73.8. The highest BCUT2D eigenvalue weighted by molar-refractivity contribution is 6.16. The lowest BCUT2D eigenvalue weighted by Crippen LogP contribution is -2.04. The van der Waals surface area contributed by atoms with Crippen LogP contribution in [0.2, 0.25) is 0 Å². The molecule has 12 aromatic rings. The molecule has 0 N–H and O–H groups in total. The Labute approximate surface area is 334 Å².